The van der Waals surface area contributed by atoms with Gasteiger partial charge in [0.2, 0.25) is 0 Å². The highest BCUT2D eigenvalue weighted by molar-refractivity contribution is 7.90. The highest BCUT2D eigenvalue weighted by Gasteiger charge is 2.32. The van der Waals surface area contributed by atoms with Crippen molar-refractivity contribution in [1.82, 2.24) is 4.98 Å². The number of aromatic nitrogens is 1. The Hall–Kier alpha value is -3.01. The lowest BCUT2D eigenvalue weighted by Crippen LogP contribution is -2.16. The maximum Gasteiger partial charge on any atom is 0.433 e. The highest BCUT2D eigenvalue weighted by atomic mass is 32.2. The summed E-state index contributed by atoms with van der Waals surface area (Å²) in [5, 5.41) is 2.75. The van der Waals surface area contributed by atoms with Gasteiger partial charge in [0.15, 0.2) is 21.5 Å². The molecule has 0 aliphatic rings. The van der Waals surface area contributed by atoms with Gasteiger partial charge < -0.3 is 5.32 Å². The van der Waals surface area contributed by atoms with Gasteiger partial charge in [-0.15, -0.1) is 0 Å². The average molecular weight is 442 g/mol. The molecule has 30 heavy (non-hydrogen) atoms. The number of hydrogen-bond acceptors (Lipinski definition) is 4. The molecule has 0 radical (unpaired) electrons. The van der Waals surface area contributed by atoms with Gasteiger partial charge in [-0.2, -0.15) is 13.2 Å². The van der Waals surface area contributed by atoms with E-state index in [-0.39, 0.29) is 16.3 Å². The summed E-state index contributed by atoms with van der Waals surface area (Å²) in [5.74, 6) is -2.43. The fourth-order valence-corrected chi connectivity index (χ4v) is 3.47. The van der Waals surface area contributed by atoms with Crippen molar-refractivity contribution < 1.29 is 30.4 Å². The molecule has 2 aromatic carbocycles. The van der Waals surface area contributed by atoms with E-state index in [2.05, 4.69) is 10.3 Å². The van der Waals surface area contributed by atoms with Crippen molar-refractivity contribution in [3.8, 4) is 0 Å². The van der Waals surface area contributed by atoms with E-state index in [1.165, 1.54) is 36.4 Å². The van der Waals surface area contributed by atoms with Crippen molar-refractivity contribution in [1.29, 1.82) is 0 Å². The zero-order chi connectivity index (χ0) is 22.1. The zero-order valence-electron chi connectivity index (χ0n) is 15.4. The number of pyridine rings is 1. The number of hydrogen-bond donors (Lipinski definition) is 1. The molecule has 0 bridgehead atoms. The third kappa shape index (κ3) is 4.93. The summed E-state index contributed by atoms with van der Waals surface area (Å²) >= 11 is 0. The fourth-order valence-electron chi connectivity index (χ4n) is 2.80. The van der Waals surface area contributed by atoms with E-state index in [9.17, 15) is 30.4 Å². The first-order chi connectivity index (χ1) is 13.9. The number of anilines is 1. The van der Waals surface area contributed by atoms with Gasteiger partial charge in [-0.25, -0.2) is 22.2 Å². The van der Waals surface area contributed by atoms with Crippen molar-refractivity contribution in [2.45, 2.75) is 17.1 Å². The van der Waals surface area contributed by atoms with E-state index < -0.39 is 39.4 Å². The molecule has 10 heteroatoms. The first-order valence-electron chi connectivity index (χ1n) is 8.51. The number of nitrogens with one attached hydrogen (secondary N) is 1. The SMILES string of the molecule is CS(=O)(=O)c1cccc(C(Nc2cccc(C(F)(F)F)n2)c2ccc(F)c(F)c2)c1. The topological polar surface area (TPSA) is 59.1 Å². The summed E-state index contributed by atoms with van der Waals surface area (Å²) in [6, 6.07) is 10.8. The molecule has 0 amide bonds. The van der Waals surface area contributed by atoms with Crippen LogP contribution in [-0.2, 0) is 16.0 Å². The predicted octanol–water partition coefficient (Wildman–Crippen LogP) is 4.98. The summed E-state index contributed by atoms with van der Waals surface area (Å²) in [6.45, 7) is 0. The molecule has 0 spiro atoms. The quantitative estimate of drug-likeness (QED) is 0.566. The van der Waals surface area contributed by atoms with Gasteiger partial charge in [0, 0.05) is 6.26 Å². The number of rotatable bonds is 5. The van der Waals surface area contributed by atoms with Crippen LogP contribution < -0.4 is 5.32 Å². The lowest BCUT2D eigenvalue weighted by Gasteiger charge is -2.22. The van der Waals surface area contributed by atoms with E-state index in [1.807, 2.05) is 0 Å². The number of halogens is 5. The van der Waals surface area contributed by atoms with Crippen molar-refractivity contribution in [3.05, 3.63) is 89.1 Å². The second kappa shape index (κ2) is 8.02. The largest absolute Gasteiger partial charge is 0.433 e. The van der Waals surface area contributed by atoms with Crippen LogP contribution in [0.2, 0.25) is 0 Å². The molecule has 1 N–H and O–H groups in total. The van der Waals surface area contributed by atoms with Gasteiger partial charge >= 0.3 is 6.18 Å². The third-order valence-corrected chi connectivity index (χ3v) is 5.34. The molecule has 3 rings (SSSR count). The number of sulfone groups is 1. The van der Waals surface area contributed by atoms with Crippen LogP contribution in [0.3, 0.4) is 0 Å². The average Bonchev–Trinajstić information content (AvgIpc) is 2.67. The maximum atomic E-state index is 13.8. The molecule has 0 aliphatic carbocycles. The molecule has 1 aromatic heterocycles. The third-order valence-electron chi connectivity index (χ3n) is 4.23. The van der Waals surface area contributed by atoms with Crippen molar-refractivity contribution in [2.75, 3.05) is 11.6 Å². The van der Waals surface area contributed by atoms with E-state index >= 15 is 0 Å². The number of nitrogens with zero attached hydrogens (tertiary/aromatic N) is 1. The molecular formula is C20H15F5N2O2S. The van der Waals surface area contributed by atoms with Crippen molar-refractivity contribution in [3.63, 3.8) is 0 Å². The molecule has 0 saturated heterocycles. The van der Waals surface area contributed by atoms with Gasteiger partial charge in [0.1, 0.15) is 11.5 Å². The normalized spacial score (nSPS) is 13.1. The van der Waals surface area contributed by atoms with Crippen molar-refractivity contribution in [2.24, 2.45) is 0 Å². The summed E-state index contributed by atoms with van der Waals surface area (Å²) in [7, 11) is -3.58. The maximum absolute atomic E-state index is 13.8. The second-order valence-corrected chi connectivity index (χ2v) is 8.52. The number of alkyl halides is 3. The Morgan fingerprint density at radius 3 is 2.20 bits per heavy atom. The molecule has 0 fully saturated rings. The van der Waals surface area contributed by atoms with E-state index in [1.54, 1.807) is 0 Å². The van der Waals surface area contributed by atoms with Crippen LogP contribution in [0.15, 0.2) is 65.6 Å². The Bertz CT molecular complexity index is 1180. The summed E-state index contributed by atoms with van der Waals surface area (Å²) in [4.78, 5) is 3.49. The molecule has 0 saturated carbocycles. The monoisotopic (exact) mass is 442 g/mol. The van der Waals surface area contributed by atoms with E-state index in [0.29, 0.717) is 5.56 Å². The Morgan fingerprint density at radius 2 is 1.57 bits per heavy atom. The smallest absolute Gasteiger partial charge is 0.359 e. The molecule has 0 aliphatic heterocycles. The second-order valence-electron chi connectivity index (χ2n) is 6.50. The van der Waals surface area contributed by atoms with Gasteiger partial charge in [0.25, 0.3) is 0 Å². The van der Waals surface area contributed by atoms with Crippen LogP contribution in [0.25, 0.3) is 0 Å². The van der Waals surface area contributed by atoms with Crippen LogP contribution in [0, 0.1) is 11.6 Å². The Labute approximate surface area is 169 Å². The predicted molar refractivity (Wildman–Crippen MR) is 101 cm³/mol. The molecule has 1 unspecified atom stereocenters. The van der Waals surface area contributed by atoms with Gasteiger partial charge in [-0.05, 0) is 47.5 Å². The van der Waals surface area contributed by atoms with Gasteiger partial charge in [0.05, 0.1) is 10.9 Å². The minimum Gasteiger partial charge on any atom is -0.359 e. The van der Waals surface area contributed by atoms with Crippen LogP contribution in [0.5, 0.6) is 0 Å². The molecule has 4 nitrogen and oxygen atoms in total. The van der Waals surface area contributed by atoms with E-state index in [0.717, 1.165) is 30.5 Å². The lowest BCUT2D eigenvalue weighted by molar-refractivity contribution is -0.141. The van der Waals surface area contributed by atoms with Crippen LogP contribution in [0.1, 0.15) is 22.9 Å². The summed E-state index contributed by atoms with van der Waals surface area (Å²) in [5.41, 5.74) is -0.664. The first-order valence-corrected chi connectivity index (χ1v) is 10.4. The van der Waals surface area contributed by atoms with Gasteiger partial charge in [-0.1, -0.05) is 24.3 Å². The molecule has 158 valence electrons. The Morgan fingerprint density at radius 1 is 0.900 bits per heavy atom. The Balaban J connectivity index is 2.10. The fraction of sp³-hybridized carbons (Fsp3) is 0.150. The van der Waals surface area contributed by atoms with Crippen LogP contribution in [0.4, 0.5) is 27.8 Å². The summed E-state index contributed by atoms with van der Waals surface area (Å²) in [6.07, 6.45) is -3.67. The van der Waals surface area contributed by atoms with Crippen LogP contribution in [-0.4, -0.2) is 19.7 Å². The number of benzene rings is 2. The van der Waals surface area contributed by atoms with Crippen LogP contribution >= 0.6 is 0 Å². The Kier molecular flexibility index (Phi) is 5.80. The standard InChI is InChI=1S/C20H15F5N2O2S/c1-30(28,29)14-5-2-4-12(10-14)19(13-8-9-15(21)16(22)11-13)27-18-7-3-6-17(26-18)20(23,24)25/h2-11,19H,1H3,(H,26,27). The summed E-state index contributed by atoms with van der Waals surface area (Å²) < 4.78 is 89.9. The van der Waals surface area contributed by atoms with Gasteiger partial charge in [-0.3, -0.25) is 0 Å². The van der Waals surface area contributed by atoms with E-state index in [4.69, 9.17) is 0 Å². The first kappa shape index (κ1) is 21.7. The molecule has 1 heterocycles. The highest BCUT2D eigenvalue weighted by Crippen LogP contribution is 2.31. The minimum absolute atomic E-state index is 0.0358. The molecular weight excluding hydrogens is 427 g/mol. The molecule has 1 atom stereocenters. The zero-order valence-corrected chi connectivity index (χ0v) is 16.2. The molecule has 3 aromatic rings. The van der Waals surface area contributed by atoms with Crippen molar-refractivity contribution >= 4 is 15.7 Å². The minimum atomic E-state index is -4.68. The lowest BCUT2D eigenvalue weighted by atomic mass is 9.98.